The second kappa shape index (κ2) is 8.20. The molecular weight excluding hydrogens is 196 g/mol. The molecule has 0 radical (unpaired) electrons. The van der Waals surface area contributed by atoms with Gasteiger partial charge in [0.15, 0.2) is 0 Å². The summed E-state index contributed by atoms with van der Waals surface area (Å²) in [4.78, 5) is 10.3. The van der Waals surface area contributed by atoms with Gasteiger partial charge in [-0.15, -0.1) is 6.58 Å². The Morgan fingerprint density at radius 2 is 2.27 bits per heavy atom. The fourth-order valence-electron chi connectivity index (χ4n) is 1.08. The van der Waals surface area contributed by atoms with Crippen LogP contribution in [-0.2, 0) is 14.3 Å². The predicted octanol–water partition coefficient (Wildman–Crippen LogP) is 1.97. The van der Waals surface area contributed by atoms with Gasteiger partial charge < -0.3 is 14.6 Å². The van der Waals surface area contributed by atoms with Gasteiger partial charge in [-0.1, -0.05) is 11.6 Å². The van der Waals surface area contributed by atoms with Crippen molar-refractivity contribution < 1.29 is 19.4 Å². The maximum absolute atomic E-state index is 10.3. The van der Waals surface area contributed by atoms with E-state index in [1.54, 1.807) is 20.1 Å². The molecule has 0 amide bonds. The van der Waals surface area contributed by atoms with Crippen molar-refractivity contribution in [3.8, 4) is 0 Å². The second-order valence-electron chi connectivity index (χ2n) is 3.21. The Morgan fingerprint density at radius 1 is 1.60 bits per heavy atom. The predicted molar refractivity (Wildman–Crippen MR) is 57.6 cm³/mol. The monoisotopic (exact) mass is 214 g/mol. The van der Waals surface area contributed by atoms with Gasteiger partial charge >= 0.3 is 5.97 Å². The Balaban J connectivity index is 3.89. The Labute approximate surface area is 90.2 Å². The van der Waals surface area contributed by atoms with Crippen LogP contribution in [0.3, 0.4) is 0 Å². The molecule has 0 aliphatic heterocycles. The van der Waals surface area contributed by atoms with Crippen molar-refractivity contribution in [2.45, 2.75) is 25.9 Å². The molecule has 4 heteroatoms. The van der Waals surface area contributed by atoms with Gasteiger partial charge in [0, 0.05) is 13.2 Å². The molecule has 1 unspecified atom stereocenters. The zero-order chi connectivity index (χ0) is 11.7. The van der Waals surface area contributed by atoms with E-state index in [2.05, 4.69) is 6.58 Å². The van der Waals surface area contributed by atoms with Gasteiger partial charge in [0.05, 0.1) is 6.10 Å². The minimum absolute atomic E-state index is 0.0953. The number of allylic oxidation sites excluding steroid dienone is 1. The Bertz CT molecular complexity index is 233. The average Bonchev–Trinajstić information content (AvgIpc) is 2.17. The number of ether oxygens (including phenoxy) is 2. The molecule has 0 heterocycles. The lowest BCUT2D eigenvalue weighted by Gasteiger charge is -2.12. The third-order valence-electron chi connectivity index (χ3n) is 1.86. The standard InChI is InChI=1S/C11H18O4/c1-4-10(15-8-14-3)6-5-9(2)7-11(12)13/h4,7,10H,1,5-6,8H2,2-3H3,(H,12,13)/b9-7+. The normalized spacial score (nSPS) is 13.6. The molecule has 0 aromatic rings. The van der Waals surface area contributed by atoms with E-state index in [1.807, 2.05) is 0 Å². The number of aliphatic carboxylic acids is 1. The van der Waals surface area contributed by atoms with Crippen LogP contribution in [0.2, 0.25) is 0 Å². The summed E-state index contributed by atoms with van der Waals surface area (Å²) < 4.78 is 10.0. The maximum Gasteiger partial charge on any atom is 0.328 e. The van der Waals surface area contributed by atoms with Gasteiger partial charge in [-0.05, 0) is 19.8 Å². The van der Waals surface area contributed by atoms with E-state index in [9.17, 15) is 4.79 Å². The van der Waals surface area contributed by atoms with Crippen molar-refractivity contribution in [1.29, 1.82) is 0 Å². The fraction of sp³-hybridized carbons (Fsp3) is 0.545. The molecule has 0 bridgehead atoms. The number of carboxylic acids is 1. The third-order valence-corrected chi connectivity index (χ3v) is 1.86. The summed E-state index contributed by atoms with van der Waals surface area (Å²) in [5, 5.41) is 8.50. The van der Waals surface area contributed by atoms with Crippen LogP contribution in [0.1, 0.15) is 19.8 Å². The topological polar surface area (TPSA) is 55.8 Å². The van der Waals surface area contributed by atoms with Crippen LogP contribution in [0.4, 0.5) is 0 Å². The molecule has 0 saturated heterocycles. The van der Waals surface area contributed by atoms with Crippen molar-refractivity contribution in [2.75, 3.05) is 13.9 Å². The minimum Gasteiger partial charge on any atom is -0.478 e. The molecule has 0 fully saturated rings. The lowest BCUT2D eigenvalue weighted by molar-refractivity contribution is -0.131. The molecule has 0 spiro atoms. The van der Waals surface area contributed by atoms with Crippen molar-refractivity contribution in [3.63, 3.8) is 0 Å². The first-order valence-corrected chi connectivity index (χ1v) is 4.73. The molecule has 4 nitrogen and oxygen atoms in total. The van der Waals surface area contributed by atoms with Gasteiger partial charge in [0.25, 0.3) is 0 Å². The molecule has 0 saturated carbocycles. The first kappa shape index (κ1) is 13.9. The minimum atomic E-state index is -0.916. The molecule has 0 rings (SSSR count). The van der Waals surface area contributed by atoms with E-state index >= 15 is 0 Å². The number of hydrogen-bond acceptors (Lipinski definition) is 3. The van der Waals surface area contributed by atoms with Gasteiger partial charge in [0.1, 0.15) is 6.79 Å². The van der Waals surface area contributed by atoms with Crippen LogP contribution in [-0.4, -0.2) is 31.1 Å². The maximum atomic E-state index is 10.3. The number of carbonyl (C=O) groups is 1. The SMILES string of the molecule is C=CC(CC/C(C)=C/C(=O)O)OCOC. The van der Waals surface area contributed by atoms with Crippen LogP contribution < -0.4 is 0 Å². The Kier molecular flexibility index (Phi) is 7.58. The van der Waals surface area contributed by atoms with Crippen molar-refractivity contribution in [2.24, 2.45) is 0 Å². The van der Waals surface area contributed by atoms with Gasteiger partial charge in [-0.25, -0.2) is 4.79 Å². The van der Waals surface area contributed by atoms with Crippen LogP contribution in [0.25, 0.3) is 0 Å². The summed E-state index contributed by atoms with van der Waals surface area (Å²) in [7, 11) is 1.55. The summed E-state index contributed by atoms with van der Waals surface area (Å²) in [6, 6.07) is 0. The lowest BCUT2D eigenvalue weighted by Crippen LogP contribution is -2.11. The van der Waals surface area contributed by atoms with E-state index in [1.165, 1.54) is 6.08 Å². The van der Waals surface area contributed by atoms with E-state index in [4.69, 9.17) is 14.6 Å². The van der Waals surface area contributed by atoms with E-state index in [0.717, 1.165) is 5.57 Å². The highest BCUT2D eigenvalue weighted by atomic mass is 16.7. The molecule has 0 aliphatic carbocycles. The zero-order valence-electron chi connectivity index (χ0n) is 9.23. The first-order chi connectivity index (χ1) is 7.10. The van der Waals surface area contributed by atoms with Crippen molar-refractivity contribution in [1.82, 2.24) is 0 Å². The van der Waals surface area contributed by atoms with E-state index in [-0.39, 0.29) is 12.9 Å². The fourth-order valence-corrected chi connectivity index (χ4v) is 1.08. The van der Waals surface area contributed by atoms with E-state index in [0.29, 0.717) is 12.8 Å². The second-order valence-corrected chi connectivity index (χ2v) is 3.21. The molecular formula is C11H18O4. The highest BCUT2D eigenvalue weighted by Gasteiger charge is 2.04. The van der Waals surface area contributed by atoms with Crippen molar-refractivity contribution in [3.05, 3.63) is 24.3 Å². The quantitative estimate of drug-likeness (QED) is 0.381. The number of hydrogen-bond donors (Lipinski definition) is 1. The molecule has 1 atom stereocenters. The van der Waals surface area contributed by atoms with Gasteiger partial charge in [-0.3, -0.25) is 0 Å². The van der Waals surface area contributed by atoms with E-state index < -0.39 is 5.97 Å². The third kappa shape index (κ3) is 7.90. The summed E-state index contributed by atoms with van der Waals surface area (Å²) >= 11 is 0. The number of rotatable bonds is 8. The van der Waals surface area contributed by atoms with Gasteiger partial charge in [-0.2, -0.15) is 0 Å². The highest BCUT2D eigenvalue weighted by molar-refractivity contribution is 5.80. The Hall–Kier alpha value is -1.13. The molecule has 0 aromatic heterocycles. The first-order valence-electron chi connectivity index (χ1n) is 4.73. The van der Waals surface area contributed by atoms with Crippen LogP contribution >= 0.6 is 0 Å². The summed E-state index contributed by atoms with van der Waals surface area (Å²) in [5.74, 6) is -0.916. The smallest absolute Gasteiger partial charge is 0.328 e. The molecule has 0 aliphatic rings. The average molecular weight is 214 g/mol. The summed E-state index contributed by atoms with van der Waals surface area (Å²) in [6.45, 7) is 5.64. The Morgan fingerprint density at radius 3 is 2.73 bits per heavy atom. The zero-order valence-corrected chi connectivity index (χ0v) is 9.23. The molecule has 0 aromatic carbocycles. The number of carboxylic acid groups (broad SMARTS) is 1. The highest BCUT2D eigenvalue weighted by Crippen LogP contribution is 2.10. The summed E-state index contributed by atoms with van der Waals surface area (Å²) in [6.07, 6.45) is 4.18. The largest absolute Gasteiger partial charge is 0.478 e. The van der Waals surface area contributed by atoms with Crippen molar-refractivity contribution >= 4 is 5.97 Å². The molecule has 86 valence electrons. The van der Waals surface area contributed by atoms with Crippen LogP contribution in [0.5, 0.6) is 0 Å². The van der Waals surface area contributed by atoms with Crippen LogP contribution in [0, 0.1) is 0 Å². The van der Waals surface area contributed by atoms with Gasteiger partial charge in [0.2, 0.25) is 0 Å². The molecule has 15 heavy (non-hydrogen) atoms. The lowest BCUT2D eigenvalue weighted by atomic mass is 10.1. The summed E-state index contributed by atoms with van der Waals surface area (Å²) in [5.41, 5.74) is 0.815. The molecule has 1 N–H and O–H groups in total. The number of methoxy groups -OCH3 is 1. The van der Waals surface area contributed by atoms with Crippen LogP contribution in [0.15, 0.2) is 24.3 Å².